The number of hydrogen-bond acceptors (Lipinski definition) is 8. The van der Waals surface area contributed by atoms with E-state index in [2.05, 4.69) is 11.6 Å². The largest absolute Gasteiger partial charge is 0.504 e. The summed E-state index contributed by atoms with van der Waals surface area (Å²) in [5.74, 6) is 0.336. The lowest BCUT2D eigenvalue weighted by molar-refractivity contribution is -0.139. The highest BCUT2D eigenvalue weighted by atomic mass is 32.1. The highest BCUT2D eigenvalue weighted by Crippen LogP contribution is 2.32. The summed E-state index contributed by atoms with van der Waals surface area (Å²) in [6, 6.07) is 11.5. The van der Waals surface area contributed by atoms with Gasteiger partial charge in [0.2, 0.25) is 0 Å². The number of phenols is 1. The van der Waals surface area contributed by atoms with E-state index in [1.165, 1.54) is 23.0 Å². The summed E-state index contributed by atoms with van der Waals surface area (Å²) < 4.78 is 17.9. The predicted octanol–water partition coefficient (Wildman–Crippen LogP) is 3.08. The van der Waals surface area contributed by atoms with E-state index in [1.54, 1.807) is 56.3 Å². The molecule has 3 aromatic rings. The number of aromatic nitrogens is 1. The van der Waals surface area contributed by atoms with Crippen LogP contribution in [0.3, 0.4) is 0 Å². The molecular formula is C27H26N2O6S. The third-order valence-corrected chi connectivity index (χ3v) is 6.60. The van der Waals surface area contributed by atoms with Gasteiger partial charge in [-0.25, -0.2) is 9.79 Å². The predicted molar refractivity (Wildman–Crippen MR) is 137 cm³/mol. The smallest absolute Gasteiger partial charge is 0.338 e. The Kier molecular flexibility index (Phi) is 7.40. The quantitative estimate of drug-likeness (QED) is 0.372. The number of benzene rings is 2. The minimum atomic E-state index is -0.741. The number of carbonyl (C=O) groups excluding carboxylic acids is 1. The molecule has 1 aromatic heterocycles. The van der Waals surface area contributed by atoms with E-state index in [4.69, 9.17) is 14.2 Å². The number of methoxy groups -OCH3 is 1. The van der Waals surface area contributed by atoms with Crippen LogP contribution in [0.5, 0.6) is 17.2 Å². The molecule has 0 unspecified atom stereocenters. The number of allylic oxidation sites excluding steroid dienone is 1. The summed E-state index contributed by atoms with van der Waals surface area (Å²) >= 11 is 1.18. The first-order valence-electron chi connectivity index (χ1n) is 11.3. The molecule has 36 heavy (non-hydrogen) atoms. The van der Waals surface area contributed by atoms with Crippen LogP contribution < -0.4 is 24.4 Å². The van der Waals surface area contributed by atoms with Crippen molar-refractivity contribution in [3.63, 3.8) is 0 Å². The van der Waals surface area contributed by atoms with Crippen LogP contribution in [0.1, 0.15) is 31.0 Å². The first-order valence-corrected chi connectivity index (χ1v) is 12.1. The molecule has 186 valence electrons. The molecule has 9 heteroatoms. The molecular weight excluding hydrogens is 480 g/mol. The monoisotopic (exact) mass is 506 g/mol. The van der Waals surface area contributed by atoms with Gasteiger partial charge in [0, 0.05) is 5.56 Å². The molecule has 4 rings (SSSR count). The normalized spacial score (nSPS) is 15.2. The van der Waals surface area contributed by atoms with E-state index in [0.717, 1.165) is 0 Å². The maximum atomic E-state index is 13.7. The third-order valence-electron chi connectivity index (χ3n) is 5.62. The van der Waals surface area contributed by atoms with E-state index < -0.39 is 12.0 Å². The van der Waals surface area contributed by atoms with Gasteiger partial charge in [-0.2, -0.15) is 0 Å². The van der Waals surface area contributed by atoms with Crippen molar-refractivity contribution >= 4 is 23.4 Å². The fourth-order valence-electron chi connectivity index (χ4n) is 3.97. The van der Waals surface area contributed by atoms with Gasteiger partial charge in [0.1, 0.15) is 12.4 Å². The van der Waals surface area contributed by atoms with E-state index in [-0.39, 0.29) is 17.9 Å². The number of ether oxygens (including phenoxy) is 3. The van der Waals surface area contributed by atoms with Gasteiger partial charge in [-0.15, -0.1) is 0 Å². The molecule has 2 aromatic carbocycles. The van der Waals surface area contributed by atoms with Gasteiger partial charge in [0.15, 0.2) is 16.3 Å². The third kappa shape index (κ3) is 4.70. The second-order valence-electron chi connectivity index (χ2n) is 7.87. The van der Waals surface area contributed by atoms with Crippen LogP contribution in [0.4, 0.5) is 0 Å². The Morgan fingerprint density at radius 1 is 1.25 bits per heavy atom. The van der Waals surface area contributed by atoms with Crippen molar-refractivity contribution in [1.82, 2.24) is 4.57 Å². The Balaban J connectivity index is 1.90. The molecule has 0 radical (unpaired) electrons. The van der Waals surface area contributed by atoms with Gasteiger partial charge in [-0.05, 0) is 43.7 Å². The molecule has 0 bridgehead atoms. The highest BCUT2D eigenvalue weighted by molar-refractivity contribution is 7.07. The maximum Gasteiger partial charge on any atom is 0.338 e. The Morgan fingerprint density at radius 3 is 2.67 bits per heavy atom. The average Bonchev–Trinajstić information content (AvgIpc) is 3.17. The number of carbonyl (C=O) groups is 1. The van der Waals surface area contributed by atoms with Crippen molar-refractivity contribution in [2.45, 2.75) is 19.9 Å². The van der Waals surface area contributed by atoms with Crippen LogP contribution in [0, 0.1) is 0 Å². The van der Waals surface area contributed by atoms with Gasteiger partial charge in [-0.1, -0.05) is 48.3 Å². The van der Waals surface area contributed by atoms with Gasteiger partial charge < -0.3 is 19.3 Å². The zero-order chi connectivity index (χ0) is 25.8. The van der Waals surface area contributed by atoms with Gasteiger partial charge in [-0.3, -0.25) is 9.36 Å². The minimum absolute atomic E-state index is 0.0686. The first kappa shape index (κ1) is 25.0. The number of para-hydroxylation sites is 1. The number of aromatic hydroxyl groups is 1. The molecule has 0 amide bonds. The summed E-state index contributed by atoms with van der Waals surface area (Å²) in [6.45, 7) is 7.65. The van der Waals surface area contributed by atoms with Gasteiger partial charge in [0.25, 0.3) is 5.56 Å². The zero-order valence-electron chi connectivity index (χ0n) is 20.2. The second kappa shape index (κ2) is 10.7. The molecule has 8 nitrogen and oxygen atoms in total. The van der Waals surface area contributed by atoms with Crippen molar-refractivity contribution in [2.75, 3.05) is 20.3 Å². The molecule has 1 atom stereocenters. The zero-order valence-corrected chi connectivity index (χ0v) is 21.0. The summed E-state index contributed by atoms with van der Waals surface area (Å²) in [6.07, 6.45) is 3.24. The summed E-state index contributed by atoms with van der Waals surface area (Å²) in [4.78, 5) is 31.7. The molecule has 0 saturated heterocycles. The van der Waals surface area contributed by atoms with Gasteiger partial charge >= 0.3 is 5.97 Å². The topological polar surface area (TPSA) is 99.4 Å². The maximum absolute atomic E-state index is 13.7. The molecule has 2 heterocycles. The lowest BCUT2D eigenvalue weighted by atomic mass is 9.96. The van der Waals surface area contributed by atoms with Crippen LogP contribution in [0.2, 0.25) is 0 Å². The van der Waals surface area contributed by atoms with Crippen LogP contribution in [0.25, 0.3) is 6.08 Å². The van der Waals surface area contributed by atoms with Crippen molar-refractivity contribution in [3.8, 4) is 17.2 Å². The molecule has 0 fully saturated rings. The summed E-state index contributed by atoms with van der Waals surface area (Å²) in [5, 5.41) is 10.5. The average molecular weight is 507 g/mol. The molecule has 0 saturated carbocycles. The lowest BCUT2D eigenvalue weighted by Crippen LogP contribution is -2.39. The van der Waals surface area contributed by atoms with Crippen molar-refractivity contribution in [1.29, 1.82) is 0 Å². The van der Waals surface area contributed by atoms with E-state index >= 15 is 0 Å². The molecule has 0 spiro atoms. The van der Waals surface area contributed by atoms with E-state index in [9.17, 15) is 14.7 Å². The van der Waals surface area contributed by atoms with Crippen molar-refractivity contribution in [2.24, 2.45) is 4.99 Å². The number of rotatable bonds is 8. The van der Waals surface area contributed by atoms with Crippen molar-refractivity contribution in [3.05, 3.63) is 97.2 Å². The molecule has 0 aliphatic carbocycles. The molecule has 1 N–H and O–H groups in total. The van der Waals surface area contributed by atoms with Crippen LogP contribution in [0.15, 0.2) is 76.2 Å². The molecule has 1 aliphatic rings. The number of nitrogens with zero attached hydrogens (tertiary/aromatic N) is 2. The number of esters is 1. The number of phenolic OH excluding ortho intramolecular Hbond substituents is 1. The standard InChI is InChI=1S/C27H26N2O6S/c1-5-14-35-19-12-10-17(11-13-19)23-22(26(32)34-6-2)16(3)28-27-29(23)25(31)21(36-27)15-18-8-7-9-20(33-4)24(18)30/h5,7-13,15,23,30H,1,6,14H2,2-4H3/b21-15-/t23-/m1/s1. The van der Waals surface area contributed by atoms with Crippen LogP contribution >= 0.6 is 11.3 Å². The number of hydrogen-bond donors (Lipinski definition) is 1. The Morgan fingerprint density at radius 2 is 2.00 bits per heavy atom. The fourth-order valence-corrected chi connectivity index (χ4v) is 5.01. The lowest BCUT2D eigenvalue weighted by Gasteiger charge is -2.24. The SMILES string of the molecule is C=CCOc1ccc([C@@H]2C(C(=O)OCC)=C(C)N=c3s/c(=C\c4cccc(OC)c4O)c(=O)n32)cc1. The minimum Gasteiger partial charge on any atom is -0.504 e. The van der Waals surface area contributed by atoms with E-state index in [1.807, 2.05) is 12.1 Å². The van der Waals surface area contributed by atoms with E-state index in [0.29, 0.717) is 49.8 Å². The summed E-state index contributed by atoms with van der Waals surface area (Å²) in [7, 11) is 1.46. The Hall–Kier alpha value is -4.11. The number of fused-ring (bicyclic) bond motifs is 1. The molecule has 1 aliphatic heterocycles. The van der Waals surface area contributed by atoms with Crippen molar-refractivity contribution < 1.29 is 24.1 Å². The van der Waals surface area contributed by atoms with Crippen LogP contribution in [-0.2, 0) is 9.53 Å². The van der Waals surface area contributed by atoms with Gasteiger partial charge in [0.05, 0.1) is 35.6 Å². The summed E-state index contributed by atoms with van der Waals surface area (Å²) in [5.41, 5.74) is 1.56. The highest BCUT2D eigenvalue weighted by Gasteiger charge is 2.33. The second-order valence-corrected chi connectivity index (χ2v) is 8.88. The Labute approximate surface area is 211 Å². The fraction of sp³-hybridized carbons (Fsp3) is 0.222. The first-order chi connectivity index (χ1) is 17.4. The number of thiazole rings is 1. The Bertz CT molecular complexity index is 1520. The van der Waals surface area contributed by atoms with Crippen LogP contribution in [-0.4, -0.2) is 36.0 Å².